The third-order valence-electron chi connectivity index (χ3n) is 4.12. The van der Waals surface area contributed by atoms with Crippen molar-refractivity contribution in [3.63, 3.8) is 0 Å². The summed E-state index contributed by atoms with van der Waals surface area (Å²) in [7, 11) is 0. The Bertz CT molecular complexity index is 1020. The van der Waals surface area contributed by atoms with Gasteiger partial charge in [-0.15, -0.1) is 0 Å². The van der Waals surface area contributed by atoms with Crippen LogP contribution in [0.5, 0.6) is 0 Å². The summed E-state index contributed by atoms with van der Waals surface area (Å²) in [6.45, 7) is 3.72. The Balaban J connectivity index is 1.78. The molecule has 0 unspecified atom stereocenters. The van der Waals surface area contributed by atoms with Gasteiger partial charge in [-0.25, -0.2) is 4.98 Å². The van der Waals surface area contributed by atoms with E-state index < -0.39 is 5.91 Å². The molecular formula is C21H18ClN3O2. The Labute approximate surface area is 162 Å². The molecule has 0 radical (unpaired) electrons. The van der Waals surface area contributed by atoms with Gasteiger partial charge in [0.2, 0.25) is 0 Å². The number of benzene rings is 2. The van der Waals surface area contributed by atoms with Crippen LogP contribution in [0, 0.1) is 13.8 Å². The van der Waals surface area contributed by atoms with Gasteiger partial charge < -0.3 is 10.6 Å². The molecule has 0 bridgehead atoms. The second kappa shape index (κ2) is 8.01. The molecule has 27 heavy (non-hydrogen) atoms. The van der Waals surface area contributed by atoms with E-state index in [-0.39, 0.29) is 17.3 Å². The van der Waals surface area contributed by atoms with Crippen LogP contribution in [0.2, 0.25) is 5.02 Å². The number of carbonyl (C=O) groups excluding carboxylic acids is 2. The van der Waals surface area contributed by atoms with Gasteiger partial charge in [-0.2, -0.15) is 0 Å². The number of amides is 2. The van der Waals surface area contributed by atoms with Gasteiger partial charge in [-0.05, 0) is 55.3 Å². The fourth-order valence-corrected chi connectivity index (χ4v) is 2.69. The lowest BCUT2D eigenvalue weighted by Crippen LogP contribution is -2.19. The summed E-state index contributed by atoms with van der Waals surface area (Å²) < 4.78 is 0. The zero-order chi connectivity index (χ0) is 19.4. The van der Waals surface area contributed by atoms with Crippen molar-refractivity contribution in [3.05, 3.63) is 88.2 Å². The van der Waals surface area contributed by atoms with Crippen molar-refractivity contribution < 1.29 is 9.59 Å². The minimum absolute atomic E-state index is 0.145. The number of rotatable bonds is 4. The van der Waals surface area contributed by atoms with E-state index in [1.165, 1.54) is 0 Å². The van der Waals surface area contributed by atoms with E-state index in [0.29, 0.717) is 16.4 Å². The van der Waals surface area contributed by atoms with E-state index in [4.69, 9.17) is 11.6 Å². The van der Waals surface area contributed by atoms with Crippen LogP contribution in [0.1, 0.15) is 32.1 Å². The third kappa shape index (κ3) is 4.33. The van der Waals surface area contributed by atoms with Gasteiger partial charge in [0.05, 0.1) is 0 Å². The number of hydrogen-bond donors (Lipinski definition) is 2. The normalized spacial score (nSPS) is 10.3. The smallest absolute Gasteiger partial charge is 0.274 e. The van der Waals surface area contributed by atoms with E-state index in [1.807, 2.05) is 38.1 Å². The van der Waals surface area contributed by atoms with E-state index in [2.05, 4.69) is 15.6 Å². The second-order valence-electron chi connectivity index (χ2n) is 6.04. The highest BCUT2D eigenvalue weighted by Crippen LogP contribution is 2.23. The molecule has 136 valence electrons. The van der Waals surface area contributed by atoms with Gasteiger partial charge in [0.25, 0.3) is 11.8 Å². The summed E-state index contributed by atoms with van der Waals surface area (Å²) in [5, 5.41) is 6.15. The van der Waals surface area contributed by atoms with Crippen molar-refractivity contribution in [1.82, 2.24) is 4.98 Å². The largest absolute Gasteiger partial charge is 0.320 e. The van der Waals surface area contributed by atoms with E-state index in [9.17, 15) is 9.59 Å². The molecule has 0 aliphatic heterocycles. The molecule has 3 aromatic rings. The monoisotopic (exact) mass is 379 g/mol. The first kappa shape index (κ1) is 18.6. The molecule has 0 spiro atoms. The number of nitrogens with zero attached hydrogens (tertiary/aromatic N) is 1. The number of hydrogen-bond acceptors (Lipinski definition) is 3. The van der Waals surface area contributed by atoms with Crippen molar-refractivity contribution >= 4 is 34.8 Å². The minimum Gasteiger partial charge on any atom is -0.320 e. The van der Waals surface area contributed by atoms with Gasteiger partial charge >= 0.3 is 0 Å². The van der Waals surface area contributed by atoms with Crippen LogP contribution in [-0.4, -0.2) is 16.8 Å². The summed E-state index contributed by atoms with van der Waals surface area (Å²) in [5.41, 5.74) is 3.32. The lowest BCUT2D eigenvalue weighted by Gasteiger charge is -2.10. The molecule has 2 aromatic carbocycles. The topological polar surface area (TPSA) is 71.1 Å². The van der Waals surface area contributed by atoms with Crippen LogP contribution in [0.25, 0.3) is 0 Å². The molecule has 0 atom stereocenters. The second-order valence-corrected chi connectivity index (χ2v) is 6.45. The lowest BCUT2D eigenvalue weighted by atomic mass is 10.2. The fourth-order valence-electron chi connectivity index (χ4n) is 2.52. The van der Waals surface area contributed by atoms with Gasteiger partial charge in [0.1, 0.15) is 11.4 Å². The van der Waals surface area contributed by atoms with E-state index in [1.54, 1.807) is 36.4 Å². The average Bonchev–Trinajstić information content (AvgIpc) is 2.67. The van der Waals surface area contributed by atoms with Gasteiger partial charge in [-0.3, -0.25) is 9.59 Å². The SMILES string of the molecule is Cc1ccccc1NC(=O)c1cccc(C(=O)Nc2cccc(Cl)c2C)n1. The Morgan fingerprint density at radius 1 is 0.778 bits per heavy atom. The predicted octanol–water partition coefficient (Wildman–Crippen LogP) is 4.86. The Morgan fingerprint density at radius 2 is 1.33 bits per heavy atom. The molecular weight excluding hydrogens is 362 g/mol. The molecule has 1 aromatic heterocycles. The number of nitrogens with one attached hydrogen (secondary N) is 2. The molecule has 2 N–H and O–H groups in total. The van der Waals surface area contributed by atoms with Gasteiger partial charge in [0.15, 0.2) is 0 Å². The Kier molecular flexibility index (Phi) is 5.52. The number of anilines is 2. The zero-order valence-corrected chi connectivity index (χ0v) is 15.7. The Hall–Kier alpha value is -3.18. The molecule has 2 amide bonds. The van der Waals surface area contributed by atoms with Crippen LogP contribution >= 0.6 is 11.6 Å². The molecule has 0 saturated carbocycles. The number of carbonyl (C=O) groups is 2. The van der Waals surface area contributed by atoms with Crippen molar-refractivity contribution in [1.29, 1.82) is 0 Å². The summed E-state index contributed by atoms with van der Waals surface area (Å²) in [6, 6.07) is 17.5. The van der Waals surface area contributed by atoms with Crippen molar-refractivity contribution in [2.24, 2.45) is 0 Å². The molecule has 3 rings (SSSR count). The number of aryl methyl sites for hydroxylation is 1. The van der Waals surface area contributed by atoms with Crippen molar-refractivity contribution in [3.8, 4) is 0 Å². The summed E-state index contributed by atoms with van der Waals surface area (Å²) >= 11 is 6.08. The molecule has 0 fully saturated rings. The molecule has 5 nitrogen and oxygen atoms in total. The summed E-state index contributed by atoms with van der Waals surface area (Å²) in [6.07, 6.45) is 0. The number of aromatic nitrogens is 1. The summed E-state index contributed by atoms with van der Waals surface area (Å²) in [5.74, 6) is -0.788. The first-order valence-electron chi connectivity index (χ1n) is 8.36. The molecule has 0 aliphatic rings. The van der Waals surface area contributed by atoms with Gasteiger partial charge in [-0.1, -0.05) is 41.9 Å². The van der Waals surface area contributed by atoms with Gasteiger partial charge in [0, 0.05) is 16.4 Å². The van der Waals surface area contributed by atoms with Crippen molar-refractivity contribution in [2.75, 3.05) is 10.6 Å². The third-order valence-corrected chi connectivity index (χ3v) is 4.53. The zero-order valence-electron chi connectivity index (χ0n) is 14.9. The van der Waals surface area contributed by atoms with E-state index in [0.717, 1.165) is 11.1 Å². The minimum atomic E-state index is -0.411. The average molecular weight is 380 g/mol. The highest BCUT2D eigenvalue weighted by atomic mass is 35.5. The molecule has 0 aliphatic carbocycles. The van der Waals surface area contributed by atoms with E-state index >= 15 is 0 Å². The fraction of sp³-hybridized carbons (Fsp3) is 0.0952. The maximum Gasteiger partial charge on any atom is 0.274 e. The Morgan fingerprint density at radius 3 is 2.00 bits per heavy atom. The number of halogens is 1. The maximum absolute atomic E-state index is 12.5. The lowest BCUT2D eigenvalue weighted by molar-refractivity contribution is 0.101. The number of pyridine rings is 1. The van der Waals surface area contributed by atoms with Crippen molar-refractivity contribution in [2.45, 2.75) is 13.8 Å². The van der Waals surface area contributed by atoms with Crippen LogP contribution in [-0.2, 0) is 0 Å². The predicted molar refractivity (Wildman–Crippen MR) is 108 cm³/mol. The number of para-hydroxylation sites is 1. The summed E-state index contributed by atoms with van der Waals surface area (Å²) in [4.78, 5) is 29.2. The first-order valence-corrected chi connectivity index (χ1v) is 8.74. The van der Waals surface area contributed by atoms with Crippen LogP contribution in [0.4, 0.5) is 11.4 Å². The maximum atomic E-state index is 12.5. The molecule has 1 heterocycles. The molecule has 6 heteroatoms. The standard InChI is InChI=1S/C21H18ClN3O2/c1-13-7-3-4-9-16(13)24-20(26)18-11-6-12-19(23-18)21(27)25-17-10-5-8-15(22)14(17)2/h3-12H,1-2H3,(H,24,26)(H,25,27). The first-order chi connectivity index (χ1) is 13.0. The van der Waals surface area contributed by atoms with Crippen LogP contribution in [0.15, 0.2) is 60.7 Å². The quantitative estimate of drug-likeness (QED) is 0.680. The molecule has 0 saturated heterocycles. The highest BCUT2D eigenvalue weighted by molar-refractivity contribution is 6.31. The van der Waals surface area contributed by atoms with Crippen LogP contribution in [0.3, 0.4) is 0 Å². The highest BCUT2D eigenvalue weighted by Gasteiger charge is 2.14. The van der Waals surface area contributed by atoms with Crippen LogP contribution < -0.4 is 10.6 Å².